The quantitative estimate of drug-likeness (QED) is 0.385. The normalized spacial score (nSPS) is 18.1. The number of carbonyl (C=O) groups is 2. The Kier molecular flexibility index (Phi) is 6.77. The molecule has 0 unspecified atom stereocenters. The number of alkyl halides is 1. The second-order valence-electron chi connectivity index (χ2n) is 8.07. The third-order valence-corrected chi connectivity index (χ3v) is 6.21. The van der Waals surface area contributed by atoms with Gasteiger partial charge in [0.2, 0.25) is 0 Å². The average molecular weight is 454 g/mol. The van der Waals surface area contributed by atoms with Crippen molar-refractivity contribution in [2.75, 3.05) is 7.05 Å². The lowest BCUT2D eigenvalue weighted by atomic mass is 9.94. The van der Waals surface area contributed by atoms with E-state index in [0.717, 1.165) is 41.7 Å². The maximum absolute atomic E-state index is 12.9. The van der Waals surface area contributed by atoms with Crippen molar-refractivity contribution >= 4 is 34.4 Å². The fourth-order valence-corrected chi connectivity index (χ4v) is 4.43. The Hall–Kier alpha value is -2.90. The van der Waals surface area contributed by atoms with Crippen LogP contribution in [-0.4, -0.2) is 38.8 Å². The summed E-state index contributed by atoms with van der Waals surface area (Å²) in [7, 11) is 1.83. The molecule has 0 radical (unpaired) electrons. The number of hydrazine groups is 1. The molecule has 1 fully saturated rings. The Balaban J connectivity index is 1.48. The highest BCUT2D eigenvalue weighted by Gasteiger charge is 2.48. The van der Waals surface area contributed by atoms with Gasteiger partial charge in [0.25, 0.3) is 11.8 Å². The molecule has 32 heavy (non-hydrogen) atoms. The van der Waals surface area contributed by atoms with Crippen LogP contribution in [0.3, 0.4) is 0 Å². The summed E-state index contributed by atoms with van der Waals surface area (Å²) < 4.78 is 1.86. The Morgan fingerprint density at radius 2 is 1.91 bits per heavy atom. The number of amides is 2. The van der Waals surface area contributed by atoms with Gasteiger partial charge < -0.3 is 9.88 Å². The van der Waals surface area contributed by atoms with Crippen LogP contribution in [0, 0.1) is 0 Å². The zero-order valence-electron chi connectivity index (χ0n) is 18.3. The third kappa shape index (κ3) is 4.36. The zero-order chi connectivity index (χ0) is 22.7. The van der Waals surface area contributed by atoms with Crippen molar-refractivity contribution < 1.29 is 9.59 Å². The first-order valence-electron chi connectivity index (χ1n) is 11.0. The average Bonchev–Trinajstić information content (AvgIpc) is 3.15. The van der Waals surface area contributed by atoms with Crippen LogP contribution in [0.15, 0.2) is 48.5 Å². The molecular formula is C24H28ClN5O2. The number of halogens is 1. The monoisotopic (exact) mass is 453 g/mol. The molecule has 1 aliphatic rings. The molecule has 0 saturated carbocycles. The lowest BCUT2D eigenvalue weighted by Gasteiger charge is -2.44. The molecule has 1 aromatic heterocycles. The number of rotatable bonds is 9. The van der Waals surface area contributed by atoms with Crippen molar-refractivity contribution in [2.45, 2.75) is 50.7 Å². The van der Waals surface area contributed by atoms with E-state index in [0.29, 0.717) is 6.54 Å². The van der Waals surface area contributed by atoms with E-state index in [1.807, 2.05) is 48.0 Å². The summed E-state index contributed by atoms with van der Waals surface area (Å²) in [5.41, 5.74) is 6.62. The van der Waals surface area contributed by atoms with Crippen LogP contribution >= 0.6 is 11.6 Å². The van der Waals surface area contributed by atoms with Crippen LogP contribution in [0.1, 0.15) is 42.8 Å². The van der Waals surface area contributed by atoms with Crippen LogP contribution in [0.4, 0.5) is 0 Å². The highest BCUT2D eigenvalue weighted by Crippen LogP contribution is 2.37. The van der Waals surface area contributed by atoms with E-state index in [4.69, 9.17) is 11.6 Å². The van der Waals surface area contributed by atoms with E-state index in [2.05, 4.69) is 34.8 Å². The van der Waals surface area contributed by atoms with Crippen molar-refractivity contribution in [1.82, 2.24) is 25.3 Å². The second-order valence-corrected chi connectivity index (χ2v) is 8.54. The van der Waals surface area contributed by atoms with Crippen molar-refractivity contribution in [1.29, 1.82) is 0 Å². The van der Waals surface area contributed by atoms with E-state index >= 15 is 0 Å². The van der Waals surface area contributed by atoms with Crippen molar-refractivity contribution in [2.24, 2.45) is 0 Å². The maximum atomic E-state index is 12.9. The smallest absolute Gasteiger partial charge is 0.262 e. The van der Waals surface area contributed by atoms with Crippen molar-refractivity contribution in [3.05, 3.63) is 65.5 Å². The predicted molar refractivity (Wildman–Crippen MR) is 125 cm³/mol. The minimum Gasteiger partial charge on any atom is -0.317 e. The lowest BCUT2D eigenvalue weighted by molar-refractivity contribution is -0.156. The summed E-state index contributed by atoms with van der Waals surface area (Å²) in [6, 6.07) is 15.4. The molecule has 0 spiro atoms. The molecule has 0 aliphatic carbocycles. The SMILES string of the molecule is CCCCc1ccc([C@@H]2[C@H](Cl)C(=O)N2NC(=O)Cn2c(CNC)nc3ccccc32)cc1. The van der Waals surface area contributed by atoms with Gasteiger partial charge >= 0.3 is 0 Å². The Morgan fingerprint density at radius 3 is 2.62 bits per heavy atom. The zero-order valence-corrected chi connectivity index (χ0v) is 19.1. The fourth-order valence-electron chi connectivity index (χ4n) is 4.07. The van der Waals surface area contributed by atoms with Gasteiger partial charge in [-0.05, 0) is 43.1 Å². The van der Waals surface area contributed by atoms with Gasteiger partial charge in [0.05, 0.1) is 17.6 Å². The highest BCUT2D eigenvalue weighted by molar-refractivity contribution is 6.33. The molecule has 2 N–H and O–H groups in total. The molecule has 4 rings (SSSR count). The number of fused-ring (bicyclic) bond motifs is 1. The number of β-lactam (4-membered cyclic amide) rings is 1. The predicted octanol–water partition coefficient (Wildman–Crippen LogP) is 3.32. The van der Waals surface area contributed by atoms with Gasteiger partial charge in [0, 0.05) is 0 Å². The minimum absolute atomic E-state index is 0.0525. The van der Waals surface area contributed by atoms with E-state index in [-0.39, 0.29) is 24.4 Å². The van der Waals surface area contributed by atoms with Crippen LogP contribution in [-0.2, 0) is 29.1 Å². The van der Waals surface area contributed by atoms with Crippen LogP contribution in [0.25, 0.3) is 11.0 Å². The first-order valence-corrected chi connectivity index (χ1v) is 11.4. The summed E-state index contributed by atoms with van der Waals surface area (Å²) in [5.74, 6) is 0.159. The number of hydrogen-bond acceptors (Lipinski definition) is 4. The van der Waals surface area contributed by atoms with Gasteiger partial charge in [0.1, 0.15) is 23.8 Å². The molecule has 1 aliphatic heterocycles. The van der Waals surface area contributed by atoms with Gasteiger partial charge in [-0.3, -0.25) is 15.0 Å². The van der Waals surface area contributed by atoms with Crippen LogP contribution in [0.5, 0.6) is 0 Å². The van der Waals surface area contributed by atoms with Gasteiger partial charge in [-0.15, -0.1) is 11.6 Å². The number of imidazole rings is 1. The number of nitrogens with one attached hydrogen (secondary N) is 2. The molecule has 7 nitrogen and oxygen atoms in total. The summed E-state index contributed by atoms with van der Waals surface area (Å²) in [5, 5.41) is 3.74. The molecule has 8 heteroatoms. The maximum Gasteiger partial charge on any atom is 0.262 e. The molecule has 3 aromatic rings. The molecule has 2 atom stereocenters. The number of nitrogens with zero attached hydrogens (tertiary/aromatic N) is 3. The summed E-state index contributed by atoms with van der Waals surface area (Å²) >= 11 is 6.32. The van der Waals surface area contributed by atoms with E-state index in [1.54, 1.807) is 0 Å². The molecule has 168 valence electrons. The number of hydrogen-bond donors (Lipinski definition) is 2. The first kappa shape index (κ1) is 22.3. The fraction of sp³-hybridized carbons (Fsp3) is 0.375. The number of carbonyl (C=O) groups excluding carboxylic acids is 2. The molecule has 2 aromatic carbocycles. The van der Waals surface area contributed by atoms with Crippen molar-refractivity contribution in [3.8, 4) is 0 Å². The van der Waals surface area contributed by atoms with Gasteiger partial charge in [-0.25, -0.2) is 9.99 Å². The molecule has 1 saturated heterocycles. The number of para-hydroxylation sites is 2. The van der Waals surface area contributed by atoms with Gasteiger partial charge in [0.15, 0.2) is 0 Å². The van der Waals surface area contributed by atoms with Crippen LogP contribution in [0.2, 0.25) is 0 Å². The number of unbranched alkanes of at least 4 members (excludes halogenated alkanes) is 1. The summed E-state index contributed by atoms with van der Waals surface area (Å²) in [6.07, 6.45) is 3.31. The number of benzene rings is 2. The van der Waals surface area contributed by atoms with Gasteiger partial charge in [-0.1, -0.05) is 49.7 Å². The Morgan fingerprint density at radius 1 is 1.16 bits per heavy atom. The number of aryl methyl sites for hydroxylation is 1. The minimum atomic E-state index is -0.689. The van der Waals surface area contributed by atoms with Gasteiger partial charge in [-0.2, -0.15) is 0 Å². The van der Waals surface area contributed by atoms with E-state index < -0.39 is 5.38 Å². The summed E-state index contributed by atoms with van der Waals surface area (Å²) in [6.45, 7) is 2.75. The Bertz CT molecular complexity index is 1110. The first-order chi connectivity index (χ1) is 15.5. The van der Waals surface area contributed by atoms with E-state index in [1.165, 1.54) is 10.6 Å². The third-order valence-electron chi connectivity index (χ3n) is 5.78. The largest absolute Gasteiger partial charge is 0.317 e. The molecule has 2 amide bonds. The molecule has 2 heterocycles. The van der Waals surface area contributed by atoms with E-state index in [9.17, 15) is 9.59 Å². The van der Waals surface area contributed by atoms with Crippen molar-refractivity contribution in [3.63, 3.8) is 0 Å². The lowest BCUT2D eigenvalue weighted by Crippen LogP contribution is -2.63. The topological polar surface area (TPSA) is 79.3 Å². The Labute approximate surface area is 192 Å². The summed E-state index contributed by atoms with van der Waals surface area (Å²) in [4.78, 5) is 29.9. The molecule has 0 bridgehead atoms. The molecular weight excluding hydrogens is 426 g/mol. The number of aromatic nitrogens is 2. The second kappa shape index (κ2) is 9.71. The van der Waals surface area contributed by atoms with Crippen LogP contribution < -0.4 is 10.7 Å². The highest BCUT2D eigenvalue weighted by atomic mass is 35.5. The standard InChI is InChI=1S/C24H28ClN5O2/c1-3-4-7-16-10-12-17(13-11-16)23-22(25)24(32)30(23)28-21(31)15-29-19-9-6-5-8-18(19)27-20(29)14-26-2/h5-6,8-13,22-23,26H,3-4,7,14-15H2,1-2H3,(H,28,31)/t22-,23+/m0/s1.